The SMILES string of the molecule is C=C(CN1CCNCC1)CN(CCC(c1ccccc1)c1ccccc1)C(=O)Nc1cccc(C(=O)O)c1.Cl. The van der Waals surface area contributed by atoms with E-state index in [1.165, 1.54) is 23.3 Å². The van der Waals surface area contributed by atoms with Crippen LogP contribution in [0.4, 0.5) is 10.5 Å². The second-order valence-electron chi connectivity index (χ2n) is 9.68. The number of rotatable bonds is 11. The summed E-state index contributed by atoms with van der Waals surface area (Å²) < 4.78 is 0. The molecule has 1 heterocycles. The predicted molar refractivity (Wildman–Crippen MR) is 159 cm³/mol. The topological polar surface area (TPSA) is 84.9 Å². The van der Waals surface area contributed by atoms with Crippen LogP contribution in [0.1, 0.15) is 33.8 Å². The van der Waals surface area contributed by atoms with Crippen molar-refractivity contribution in [3.63, 3.8) is 0 Å². The van der Waals surface area contributed by atoms with Gasteiger partial charge in [0.2, 0.25) is 0 Å². The fourth-order valence-corrected chi connectivity index (χ4v) is 4.87. The zero-order valence-corrected chi connectivity index (χ0v) is 22.9. The average molecular weight is 549 g/mol. The number of hydrogen-bond acceptors (Lipinski definition) is 4. The van der Waals surface area contributed by atoms with E-state index >= 15 is 0 Å². The highest BCUT2D eigenvalue weighted by Gasteiger charge is 2.21. The number of carboxylic acids is 1. The molecule has 0 aliphatic carbocycles. The maximum atomic E-state index is 13.5. The van der Waals surface area contributed by atoms with Crippen molar-refractivity contribution in [2.75, 3.05) is 51.1 Å². The van der Waals surface area contributed by atoms with E-state index in [4.69, 9.17) is 0 Å². The van der Waals surface area contributed by atoms with Crippen molar-refractivity contribution in [1.29, 1.82) is 0 Å². The molecule has 206 valence electrons. The van der Waals surface area contributed by atoms with Gasteiger partial charge in [0.1, 0.15) is 0 Å². The van der Waals surface area contributed by atoms with Crippen LogP contribution in [-0.4, -0.2) is 72.7 Å². The number of amides is 2. The van der Waals surface area contributed by atoms with E-state index < -0.39 is 5.97 Å². The Morgan fingerprint density at radius 3 is 2.15 bits per heavy atom. The quantitative estimate of drug-likeness (QED) is 0.282. The second-order valence-corrected chi connectivity index (χ2v) is 9.68. The van der Waals surface area contributed by atoms with Crippen LogP contribution in [-0.2, 0) is 0 Å². The lowest BCUT2D eigenvalue weighted by Crippen LogP contribution is -2.45. The standard InChI is InChI=1S/C31H36N4O3.ClH/c1-24(22-34-19-16-32-17-20-34)23-35(31(38)33-28-14-8-13-27(21-28)30(36)37)18-15-29(25-9-4-2-5-10-25)26-11-6-3-7-12-26;/h2-14,21,29,32H,1,15-20,22-23H2,(H,33,38)(H,36,37);1H. The van der Waals surface area contributed by atoms with E-state index in [0.717, 1.165) is 44.7 Å². The highest BCUT2D eigenvalue weighted by Crippen LogP contribution is 2.28. The van der Waals surface area contributed by atoms with E-state index in [9.17, 15) is 14.7 Å². The summed E-state index contributed by atoms with van der Waals surface area (Å²) in [6.07, 6.45) is 0.734. The van der Waals surface area contributed by atoms with Gasteiger partial charge in [0.15, 0.2) is 0 Å². The fraction of sp³-hybridized carbons (Fsp3) is 0.290. The van der Waals surface area contributed by atoms with Gasteiger partial charge >= 0.3 is 12.0 Å². The molecule has 0 unspecified atom stereocenters. The highest BCUT2D eigenvalue weighted by atomic mass is 35.5. The van der Waals surface area contributed by atoms with Gasteiger partial charge in [-0.2, -0.15) is 0 Å². The number of nitrogens with zero attached hydrogens (tertiary/aromatic N) is 2. The molecule has 1 aliphatic rings. The predicted octanol–water partition coefficient (Wildman–Crippen LogP) is 5.32. The normalized spacial score (nSPS) is 13.4. The van der Waals surface area contributed by atoms with E-state index in [2.05, 4.69) is 46.4 Å². The number of nitrogens with one attached hydrogen (secondary N) is 2. The van der Waals surface area contributed by atoms with E-state index in [1.54, 1.807) is 17.0 Å². The summed E-state index contributed by atoms with van der Waals surface area (Å²) in [4.78, 5) is 29.1. The number of carboxylic acid groups (broad SMARTS) is 1. The molecule has 0 aromatic heterocycles. The molecule has 0 radical (unpaired) electrons. The van der Waals surface area contributed by atoms with Gasteiger partial charge < -0.3 is 20.6 Å². The van der Waals surface area contributed by atoms with E-state index in [0.29, 0.717) is 18.8 Å². The van der Waals surface area contributed by atoms with E-state index in [-0.39, 0.29) is 29.9 Å². The lowest BCUT2D eigenvalue weighted by molar-refractivity contribution is 0.0697. The molecule has 3 aromatic rings. The first-order valence-electron chi connectivity index (χ1n) is 13.1. The van der Waals surface area contributed by atoms with Crippen LogP contribution in [0.2, 0.25) is 0 Å². The number of piperazine rings is 1. The number of halogens is 1. The molecule has 3 aromatic carbocycles. The molecule has 39 heavy (non-hydrogen) atoms. The average Bonchev–Trinajstić information content (AvgIpc) is 2.94. The van der Waals surface area contributed by atoms with Crippen LogP contribution in [0.25, 0.3) is 0 Å². The third kappa shape index (κ3) is 8.96. The Morgan fingerprint density at radius 2 is 1.56 bits per heavy atom. The number of carbonyl (C=O) groups excluding carboxylic acids is 1. The minimum absolute atomic E-state index is 0. The number of aromatic carboxylic acids is 1. The van der Waals surface area contributed by atoms with Gasteiger partial charge in [-0.3, -0.25) is 4.90 Å². The first kappa shape index (κ1) is 29.9. The minimum Gasteiger partial charge on any atom is -0.478 e. The Labute approximate surface area is 236 Å². The summed E-state index contributed by atoms with van der Waals surface area (Å²) >= 11 is 0. The smallest absolute Gasteiger partial charge is 0.335 e. The van der Waals surface area contributed by atoms with E-state index in [1.807, 2.05) is 36.4 Å². The summed E-state index contributed by atoms with van der Waals surface area (Å²) in [5.41, 5.74) is 3.96. The monoisotopic (exact) mass is 548 g/mol. The Morgan fingerprint density at radius 1 is 0.949 bits per heavy atom. The summed E-state index contributed by atoms with van der Waals surface area (Å²) in [7, 11) is 0. The fourth-order valence-electron chi connectivity index (χ4n) is 4.87. The van der Waals surface area contributed by atoms with Crippen molar-refractivity contribution in [3.05, 3.63) is 114 Å². The molecule has 3 N–H and O–H groups in total. The van der Waals surface area contributed by atoms with Gasteiger partial charge in [-0.05, 0) is 41.3 Å². The zero-order chi connectivity index (χ0) is 26.7. The zero-order valence-electron chi connectivity index (χ0n) is 22.1. The van der Waals surface area contributed by atoms with Gasteiger partial charge in [-0.1, -0.05) is 73.3 Å². The molecule has 8 heteroatoms. The Balaban J connectivity index is 0.00000420. The molecule has 0 saturated carbocycles. The van der Waals surface area contributed by atoms with Gasteiger partial charge in [-0.15, -0.1) is 12.4 Å². The van der Waals surface area contributed by atoms with Gasteiger partial charge in [0, 0.05) is 57.4 Å². The molecule has 1 saturated heterocycles. The molecule has 7 nitrogen and oxygen atoms in total. The van der Waals surface area contributed by atoms with Crippen molar-refractivity contribution in [2.45, 2.75) is 12.3 Å². The molecular weight excluding hydrogens is 512 g/mol. The summed E-state index contributed by atoms with van der Waals surface area (Å²) in [6, 6.07) is 26.8. The molecule has 0 spiro atoms. The first-order valence-corrected chi connectivity index (χ1v) is 13.1. The van der Waals surface area contributed by atoms with Crippen molar-refractivity contribution < 1.29 is 14.7 Å². The highest BCUT2D eigenvalue weighted by molar-refractivity contribution is 5.93. The van der Waals surface area contributed by atoms with Crippen LogP contribution in [0.3, 0.4) is 0 Å². The second kappa shape index (κ2) is 15.1. The number of benzene rings is 3. The van der Waals surface area contributed by atoms with Crippen molar-refractivity contribution >= 4 is 30.1 Å². The molecule has 0 atom stereocenters. The van der Waals surface area contributed by atoms with Crippen LogP contribution in [0.5, 0.6) is 0 Å². The first-order chi connectivity index (χ1) is 18.5. The van der Waals surface area contributed by atoms with Gasteiger partial charge in [0.05, 0.1) is 5.56 Å². The number of urea groups is 1. The van der Waals surface area contributed by atoms with Crippen molar-refractivity contribution in [1.82, 2.24) is 15.1 Å². The number of anilines is 1. The molecule has 1 aliphatic heterocycles. The Kier molecular flexibility index (Phi) is 11.6. The summed E-state index contributed by atoms with van der Waals surface area (Å²) in [5.74, 6) is -0.902. The Hall–Kier alpha value is -3.65. The largest absolute Gasteiger partial charge is 0.478 e. The van der Waals surface area contributed by atoms with Crippen LogP contribution in [0, 0.1) is 0 Å². The lowest BCUT2D eigenvalue weighted by Gasteiger charge is -2.31. The maximum absolute atomic E-state index is 13.5. The van der Waals surface area contributed by atoms with Crippen molar-refractivity contribution in [3.8, 4) is 0 Å². The van der Waals surface area contributed by atoms with Crippen molar-refractivity contribution in [2.24, 2.45) is 0 Å². The van der Waals surface area contributed by atoms with Gasteiger partial charge in [-0.25, -0.2) is 9.59 Å². The molecule has 4 rings (SSSR count). The van der Waals surface area contributed by atoms with Crippen LogP contribution >= 0.6 is 12.4 Å². The molecule has 1 fully saturated rings. The molecule has 2 amide bonds. The number of hydrogen-bond donors (Lipinski definition) is 3. The van der Waals surface area contributed by atoms with Crippen LogP contribution < -0.4 is 10.6 Å². The Bertz CT molecular complexity index is 1180. The molecule has 0 bridgehead atoms. The van der Waals surface area contributed by atoms with Crippen LogP contribution in [0.15, 0.2) is 97.1 Å². The van der Waals surface area contributed by atoms with Gasteiger partial charge in [0.25, 0.3) is 0 Å². The summed E-state index contributed by atoms with van der Waals surface area (Å²) in [5, 5.41) is 15.6. The summed E-state index contributed by atoms with van der Waals surface area (Å²) in [6.45, 7) is 9.78. The third-order valence-electron chi connectivity index (χ3n) is 6.81. The number of carbonyl (C=O) groups is 2. The lowest BCUT2D eigenvalue weighted by atomic mass is 9.88. The third-order valence-corrected chi connectivity index (χ3v) is 6.81. The molecular formula is C31H37ClN4O3. The minimum atomic E-state index is -1.03. The maximum Gasteiger partial charge on any atom is 0.335 e.